The summed E-state index contributed by atoms with van der Waals surface area (Å²) in [7, 11) is 0. The molecular weight excluding hydrogens is 819 g/mol. The van der Waals surface area contributed by atoms with Gasteiger partial charge in [-0.3, -0.25) is 0 Å². The third-order valence-electron chi connectivity index (χ3n) is 14.5. The number of fused-ring (bicyclic) bond motifs is 7. The molecule has 11 aromatic rings. The number of allylic oxidation sites excluding steroid dienone is 3. The lowest BCUT2D eigenvalue weighted by Crippen LogP contribution is -2.36. The van der Waals surface area contributed by atoms with Gasteiger partial charge in [-0.1, -0.05) is 237 Å². The molecule has 1 nitrogen and oxygen atoms in total. The number of hydrogen-bond donors (Lipinski definition) is 0. The van der Waals surface area contributed by atoms with Crippen LogP contribution in [-0.2, 0) is 5.41 Å². The molecular formula is C67H47N. The molecule has 0 N–H and O–H groups in total. The molecule has 13 rings (SSSR count). The van der Waals surface area contributed by atoms with Gasteiger partial charge in [0.2, 0.25) is 0 Å². The van der Waals surface area contributed by atoms with Crippen LogP contribution in [0.25, 0.3) is 65.7 Å². The monoisotopic (exact) mass is 869 g/mol. The highest BCUT2D eigenvalue weighted by molar-refractivity contribution is 6.13. The van der Waals surface area contributed by atoms with Crippen LogP contribution in [0.15, 0.2) is 279 Å². The fourth-order valence-electron chi connectivity index (χ4n) is 11.4. The highest BCUT2D eigenvalue weighted by atomic mass is 15.1. The van der Waals surface area contributed by atoms with E-state index in [9.17, 15) is 5.48 Å². The minimum Gasteiger partial charge on any atom is -0.311 e. The Hall–Kier alpha value is -8.52. The summed E-state index contributed by atoms with van der Waals surface area (Å²) in [5, 5.41) is 6.76. The van der Waals surface area contributed by atoms with Gasteiger partial charge in [0, 0.05) is 28.9 Å². The van der Waals surface area contributed by atoms with Crippen molar-refractivity contribution < 1.29 is 5.48 Å². The molecule has 0 bridgehead atoms. The van der Waals surface area contributed by atoms with Gasteiger partial charge in [0.1, 0.15) is 0 Å². The van der Waals surface area contributed by atoms with Crippen LogP contribution in [0.3, 0.4) is 0 Å². The third kappa shape index (κ3) is 6.46. The Morgan fingerprint density at radius 2 is 0.956 bits per heavy atom. The normalized spacial score (nSPS) is 16.6. The molecule has 320 valence electrons. The topological polar surface area (TPSA) is 3.24 Å². The van der Waals surface area contributed by atoms with E-state index in [1.807, 2.05) is 47.4 Å². The lowest BCUT2D eigenvalue weighted by molar-refractivity contribution is 0.453. The maximum Gasteiger partial charge on any atom is 0.0645 e. The second kappa shape index (κ2) is 16.4. The lowest BCUT2D eigenvalue weighted by atomic mass is 9.63. The number of rotatable bonds is 8. The summed E-state index contributed by atoms with van der Waals surface area (Å²) < 4.78 is 39.2. The molecule has 2 aliphatic carbocycles. The molecule has 0 saturated heterocycles. The Morgan fingerprint density at radius 3 is 1.68 bits per heavy atom. The van der Waals surface area contributed by atoms with E-state index in [2.05, 4.69) is 206 Å². The van der Waals surface area contributed by atoms with Crippen molar-refractivity contribution in [3.63, 3.8) is 0 Å². The molecule has 2 atom stereocenters. The summed E-state index contributed by atoms with van der Waals surface area (Å²) in [6, 6.07) is 80.3. The van der Waals surface area contributed by atoms with Crippen molar-refractivity contribution in [2.75, 3.05) is 4.90 Å². The first-order valence-corrected chi connectivity index (χ1v) is 23.5. The van der Waals surface area contributed by atoms with Crippen molar-refractivity contribution in [1.29, 1.82) is 0 Å². The van der Waals surface area contributed by atoms with Crippen LogP contribution in [-0.4, -0.2) is 0 Å². The van der Waals surface area contributed by atoms with Gasteiger partial charge in [-0.2, -0.15) is 0 Å². The largest absolute Gasteiger partial charge is 0.311 e. The van der Waals surface area contributed by atoms with Gasteiger partial charge < -0.3 is 4.90 Å². The van der Waals surface area contributed by atoms with E-state index in [0.29, 0.717) is 5.56 Å². The smallest absolute Gasteiger partial charge is 0.0645 e. The number of benzene rings is 11. The molecule has 2 aliphatic rings. The van der Waals surface area contributed by atoms with Gasteiger partial charge in [0.15, 0.2) is 0 Å². The minimum absolute atomic E-state index is 0.0308. The molecule has 11 aromatic carbocycles. The lowest BCUT2D eigenvalue weighted by Gasteiger charge is -2.40. The fraction of sp³-hybridized carbons (Fsp3) is 0.0448. The molecule has 0 saturated carbocycles. The Labute approximate surface area is 403 Å². The summed E-state index contributed by atoms with van der Waals surface area (Å²) in [5.74, 6) is -0.0766. The van der Waals surface area contributed by atoms with E-state index < -0.39 is 5.41 Å². The predicted octanol–water partition coefficient (Wildman–Crippen LogP) is 17.5. The van der Waals surface area contributed by atoms with Crippen LogP contribution >= 0.6 is 0 Å². The van der Waals surface area contributed by atoms with Crippen LogP contribution in [0.1, 0.15) is 33.7 Å². The van der Waals surface area contributed by atoms with Crippen LogP contribution in [0.2, 0.25) is 0 Å². The number of anilines is 2. The van der Waals surface area contributed by atoms with Crippen molar-refractivity contribution in [3.05, 3.63) is 301 Å². The van der Waals surface area contributed by atoms with E-state index in [4.69, 9.17) is 0 Å². The Morgan fingerprint density at radius 1 is 0.397 bits per heavy atom. The average molecular weight is 870 g/mol. The highest BCUT2D eigenvalue weighted by Crippen LogP contribution is 2.60. The summed E-state index contributed by atoms with van der Waals surface area (Å²) in [6.07, 6.45) is 6.74. The molecule has 0 aliphatic heterocycles. The zero-order valence-corrected chi connectivity index (χ0v) is 37.3. The van der Waals surface area contributed by atoms with Crippen LogP contribution in [0.5, 0.6) is 0 Å². The average Bonchev–Trinajstić information content (AvgIpc) is 3.74. The molecule has 0 radical (unpaired) electrons. The quantitative estimate of drug-likeness (QED) is 0.138. The van der Waals surface area contributed by atoms with Crippen molar-refractivity contribution in [3.8, 4) is 33.4 Å². The van der Waals surface area contributed by atoms with Crippen molar-refractivity contribution >= 4 is 43.7 Å². The maximum atomic E-state index is 9.91. The van der Waals surface area contributed by atoms with Crippen molar-refractivity contribution in [2.45, 2.75) is 11.3 Å². The number of hydrogen-bond acceptors (Lipinski definition) is 1. The van der Waals surface area contributed by atoms with E-state index in [1.165, 1.54) is 49.4 Å². The molecule has 0 aromatic heterocycles. The van der Waals surface area contributed by atoms with Crippen LogP contribution < -0.4 is 4.90 Å². The van der Waals surface area contributed by atoms with E-state index in [0.717, 1.165) is 38.8 Å². The van der Waals surface area contributed by atoms with E-state index >= 15 is 0 Å². The van der Waals surface area contributed by atoms with Crippen LogP contribution in [0.4, 0.5) is 11.4 Å². The molecule has 0 heterocycles. The second-order valence-corrected chi connectivity index (χ2v) is 18.0. The standard InChI is InChI=1S/C67H47N/c1-3-19-52(20-4-1)67(53-21-5-2-6-22-53)65-29-14-13-27-62(65)63-43-42-56(45-66(63)67)68(55-40-36-49(37-41-55)58-28-15-18-48-16-7-9-23-57(48)58)54-38-34-47(35-39-54)46-30-32-50(33-31-46)64-44-51-17-8-10-24-59(51)60-25-11-12-26-61(60)64/h1-45,63,66H/i36D,37D,40D,41D. The van der Waals surface area contributed by atoms with Crippen molar-refractivity contribution in [2.24, 2.45) is 5.92 Å². The first kappa shape index (κ1) is 35.7. The summed E-state index contributed by atoms with van der Waals surface area (Å²) in [4.78, 5) is 1.96. The first-order valence-electron chi connectivity index (χ1n) is 25.5. The third-order valence-corrected chi connectivity index (χ3v) is 14.5. The number of nitrogens with zero attached hydrogens (tertiary/aromatic N) is 1. The van der Waals surface area contributed by atoms with Gasteiger partial charge in [-0.25, -0.2) is 0 Å². The van der Waals surface area contributed by atoms with E-state index in [1.54, 1.807) is 0 Å². The van der Waals surface area contributed by atoms with Crippen molar-refractivity contribution in [1.82, 2.24) is 0 Å². The highest BCUT2D eigenvalue weighted by Gasteiger charge is 2.53. The summed E-state index contributed by atoms with van der Waals surface area (Å²) >= 11 is 0. The van der Waals surface area contributed by atoms with Crippen LogP contribution in [0, 0.1) is 5.92 Å². The Bertz CT molecular complexity index is 3900. The molecule has 68 heavy (non-hydrogen) atoms. The second-order valence-electron chi connectivity index (χ2n) is 18.0. The first-order chi connectivity index (χ1) is 35.4. The maximum absolute atomic E-state index is 9.91. The Kier molecular flexibility index (Phi) is 8.62. The van der Waals surface area contributed by atoms with Gasteiger partial charge >= 0.3 is 0 Å². The summed E-state index contributed by atoms with van der Waals surface area (Å²) in [6.45, 7) is 0. The summed E-state index contributed by atoms with van der Waals surface area (Å²) in [5.41, 5.74) is 11.4. The molecule has 2 unspecified atom stereocenters. The molecule has 1 heteroatoms. The van der Waals surface area contributed by atoms with Gasteiger partial charge in [0.25, 0.3) is 0 Å². The zero-order valence-electron chi connectivity index (χ0n) is 41.3. The zero-order chi connectivity index (χ0) is 48.5. The van der Waals surface area contributed by atoms with Gasteiger partial charge in [-0.05, 0) is 124 Å². The van der Waals surface area contributed by atoms with Gasteiger partial charge in [-0.15, -0.1) is 0 Å². The minimum atomic E-state index is -0.576. The Balaban J connectivity index is 0.970. The molecule has 0 fully saturated rings. The molecule has 0 spiro atoms. The SMILES string of the molecule is [2H]c1c([2H])c(N(C2=CC3C(C=C2)c2ccccc2C3(c2ccccc2)c2ccccc2)c2ccc(-c3ccc(-c4cc5ccccc5c5ccccc45)cc3)cc2)c([2H])c([2H])c1-c1cccc2ccccc12. The van der Waals surface area contributed by atoms with Gasteiger partial charge in [0.05, 0.1) is 10.9 Å². The predicted molar refractivity (Wildman–Crippen MR) is 287 cm³/mol. The van der Waals surface area contributed by atoms with E-state index in [-0.39, 0.29) is 47.3 Å². The molecule has 0 amide bonds. The fourth-order valence-corrected chi connectivity index (χ4v) is 11.4.